The average molecular weight is 387 g/mol. The SMILES string of the molecule is COc1ccc(NC(=O)[C@@]23CCCC[C@H]2CNC3)cc1OCC(=O)NC1CC1. The van der Waals surface area contributed by atoms with Crippen molar-refractivity contribution in [2.75, 3.05) is 32.1 Å². The van der Waals surface area contributed by atoms with Gasteiger partial charge in [-0.3, -0.25) is 9.59 Å². The Hall–Kier alpha value is -2.28. The molecule has 0 bridgehead atoms. The van der Waals surface area contributed by atoms with Crippen LogP contribution in [-0.2, 0) is 9.59 Å². The van der Waals surface area contributed by atoms with Gasteiger partial charge in [0.05, 0.1) is 12.5 Å². The van der Waals surface area contributed by atoms with Crippen LogP contribution in [-0.4, -0.2) is 44.7 Å². The molecule has 0 aromatic heterocycles. The van der Waals surface area contributed by atoms with Gasteiger partial charge in [0.2, 0.25) is 5.91 Å². The Kier molecular flexibility index (Phi) is 5.44. The van der Waals surface area contributed by atoms with Crippen LogP contribution in [0.1, 0.15) is 38.5 Å². The lowest BCUT2D eigenvalue weighted by molar-refractivity contribution is -0.128. The van der Waals surface area contributed by atoms with Crippen LogP contribution >= 0.6 is 0 Å². The van der Waals surface area contributed by atoms with Gasteiger partial charge >= 0.3 is 0 Å². The van der Waals surface area contributed by atoms with Crippen LogP contribution in [0.15, 0.2) is 18.2 Å². The third-order valence-electron chi connectivity index (χ3n) is 6.21. The zero-order chi connectivity index (χ0) is 19.6. The number of carbonyl (C=O) groups is 2. The van der Waals surface area contributed by atoms with Gasteiger partial charge in [0.1, 0.15) is 0 Å². The van der Waals surface area contributed by atoms with Gasteiger partial charge in [0.15, 0.2) is 18.1 Å². The van der Waals surface area contributed by atoms with E-state index in [1.165, 1.54) is 6.42 Å². The van der Waals surface area contributed by atoms with Crippen LogP contribution in [0.4, 0.5) is 5.69 Å². The lowest BCUT2D eigenvalue weighted by Gasteiger charge is -2.37. The van der Waals surface area contributed by atoms with Crippen LogP contribution in [0.5, 0.6) is 11.5 Å². The van der Waals surface area contributed by atoms with Gasteiger partial charge in [-0.1, -0.05) is 12.8 Å². The summed E-state index contributed by atoms with van der Waals surface area (Å²) < 4.78 is 11.0. The first kappa shape index (κ1) is 19.1. The number of benzene rings is 1. The van der Waals surface area contributed by atoms with E-state index < -0.39 is 0 Å². The molecule has 1 aromatic carbocycles. The Balaban J connectivity index is 1.43. The number of anilines is 1. The molecular weight excluding hydrogens is 358 g/mol. The summed E-state index contributed by atoms with van der Waals surface area (Å²) in [6.45, 7) is 1.59. The van der Waals surface area contributed by atoms with E-state index >= 15 is 0 Å². The lowest BCUT2D eigenvalue weighted by Crippen LogP contribution is -2.44. The van der Waals surface area contributed by atoms with E-state index in [0.717, 1.165) is 45.2 Å². The molecule has 0 unspecified atom stereocenters. The first-order valence-corrected chi connectivity index (χ1v) is 10.2. The number of rotatable bonds is 7. The molecule has 1 aliphatic heterocycles. The number of hydrogen-bond acceptors (Lipinski definition) is 5. The lowest BCUT2D eigenvalue weighted by atomic mass is 9.67. The van der Waals surface area contributed by atoms with Gasteiger partial charge in [-0.2, -0.15) is 0 Å². The molecule has 3 N–H and O–H groups in total. The summed E-state index contributed by atoms with van der Waals surface area (Å²) in [5.74, 6) is 1.33. The Morgan fingerprint density at radius 1 is 1.21 bits per heavy atom. The fraction of sp³-hybridized carbons (Fsp3) is 0.619. The van der Waals surface area contributed by atoms with Crippen molar-refractivity contribution in [2.24, 2.45) is 11.3 Å². The highest BCUT2D eigenvalue weighted by molar-refractivity contribution is 5.96. The molecule has 28 heavy (non-hydrogen) atoms. The molecule has 1 heterocycles. The number of amides is 2. The van der Waals surface area contributed by atoms with Crippen LogP contribution < -0.4 is 25.4 Å². The number of fused-ring (bicyclic) bond motifs is 1. The largest absolute Gasteiger partial charge is 0.493 e. The molecule has 2 atom stereocenters. The van der Waals surface area contributed by atoms with Gasteiger partial charge in [-0.15, -0.1) is 0 Å². The van der Waals surface area contributed by atoms with Gasteiger partial charge in [0, 0.05) is 24.3 Å². The molecule has 0 radical (unpaired) electrons. The summed E-state index contributed by atoms with van der Waals surface area (Å²) in [5.41, 5.74) is 0.345. The van der Waals surface area contributed by atoms with Crippen molar-refractivity contribution >= 4 is 17.5 Å². The minimum absolute atomic E-state index is 0.0693. The summed E-state index contributed by atoms with van der Waals surface area (Å²) in [6.07, 6.45) is 6.40. The van der Waals surface area contributed by atoms with Crippen molar-refractivity contribution in [1.82, 2.24) is 10.6 Å². The molecule has 4 rings (SSSR count). The monoisotopic (exact) mass is 387 g/mol. The number of nitrogens with one attached hydrogen (secondary N) is 3. The second-order valence-corrected chi connectivity index (χ2v) is 8.18. The molecule has 3 aliphatic rings. The number of carbonyl (C=O) groups excluding carboxylic acids is 2. The highest BCUT2D eigenvalue weighted by Crippen LogP contribution is 2.44. The van der Waals surface area contributed by atoms with E-state index in [4.69, 9.17) is 9.47 Å². The molecule has 152 valence electrons. The molecule has 2 saturated carbocycles. The minimum Gasteiger partial charge on any atom is -0.493 e. The first-order valence-electron chi connectivity index (χ1n) is 10.2. The molecular formula is C21H29N3O4. The maximum Gasteiger partial charge on any atom is 0.258 e. The maximum absolute atomic E-state index is 13.1. The smallest absolute Gasteiger partial charge is 0.258 e. The van der Waals surface area contributed by atoms with E-state index in [-0.39, 0.29) is 23.8 Å². The molecule has 1 saturated heterocycles. The van der Waals surface area contributed by atoms with Crippen LogP contribution in [0.2, 0.25) is 0 Å². The highest BCUT2D eigenvalue weighted by Gasteiger charge is 2.49. The second kappa shape index (κ2) is 7.99. The second-order valence-electron chi connectivity index (χ2n) is 8.18. The zero-order valence-electron chi connectivity index (χ0n) is 16.4. The Morgan fingerprint density at radius 3 is 2.86 bits per heavy atom. The molecule has 7 heteroatoms. The standard InChI is InChI=1S/C21H29N3O4/c1-27-17-8-7-16(10-18(17)28-12-19(25)23-15-5-6-15)24-20(26)21-9-3-2-4-14(21)11-22-13-21/h7-8,10,14-15,22H,2-6,9,11-13H2,1H3,(H,23,25)(H,24,26)/t14-,21+/m0/s1. The molecule has 2 amide bonds. The van der Waals surface area contributed by atoms with E-state index in [1.807, 2.05) is 6.07 Å². The van der Waals surface area contributed by atoms with Crippen molar-refractivity contribution < 1.29 is 19.1 Å². The Labute approximate surface area is 165 Å². The van der Waals surface area contributed by atoms with Gasteiger partial charge in [-0.25, -0.2) is 0 Å². The average Bonchev–Trinajstić information content (AvgIpc) is 3.40. The molecule has 1 aromatic rings. The van der Waals surface area contributed by atoms with E-state index in [0.29, 0.717) is 29.1 Å². The summed E-state index contributed by atoms with van der Waals surface area (Å²) in [7, 11) is 1.56. The van der Waals surface area contributed by atoms with E-state index in [1.54, 1.807) is 19.2 Å². The fourth-order valence-corrected chi connectivity index (χ4v) is 4.45. The van der Waals surface area contributed by atoms with Crippen molar-refractivity contribution in [3.63, 3.8) is 0 Å². The normalized spacial score (nSPS) is 26.2. The zero-order valence-corrected chi connectivity index (χ0v) is 16.4. The predicted molar refractivity (Wildman–Crippen MR) is 106 cm³/mol. The number of hydrogen-bond donors (Lipinski definition) is 3. The van der Waals surface area contributed by atoms with Gasteiger partial charge in [0.25, 0.3) is 5.91 Å². The first-order chi connectivity index (χ1) is 13.6. The van der Waals surface area contributed by atoms with Crippen molar-refractivity contribution in [3.05, 3.63) is 18.2 Å². The van der Waals surface area contributed by atoms with Crippen LogP contribution in [0.25, 0.3) is 0 Å². The third kappa shape index (κ3) is 3.94. The highest BCUT2D eigenvalue weighted by atomic mass is 16.5. The summed E-state index contributed by atoms with van der Waals surface area (Å²) in [5, 5.41) is 9.38. The van der Waals surface area contributed by atoms with E-state index in [2.05, 4.69) is 16.0 Å². The number of ether oxygens (including phenoxy) is 2. The van der Waals surface area contributed by atoms with E-state index in [9.17, 15) is 9.59 Å². The maximum atomic E-state index is 13.1. The molecule has 0 spiro atoms. The predicted octanol–water partition coefficient (Wildman–Crippen LogP) is 2.07. The third-order valence-corrected chi connectivity index (χ3v) is 6.21. The van der Waals surface area contributed by atoms with Crippen molar-refractivity contribution in [2.45, 2.75) is 44.6 Å². The van der Waals surface area contributed by atoms with Crippen LogP contribution in [0.3, 0.4) is 0 Å². The quantitative estimate of drug-likeness (QED) is 0.667. The molecule has 3 fully saturated rings. The minimum atomic E-state index is -0.316. The van der Waals surface area contributed by atoms with Gasteiger partial charge < -0.3 is 25.4 Å². The van der Waals surface area contributed by atoms with Gasteiger partial charge in [-0.05, 0) is 50.3 Å². The van der Waals surface area contributed by atoms with Crippen LogP contribution in [0, 0.1) is 11.3 Å². The summed E-state index contributed by atoms with van der Waals surface area (Å²) in [4.78, 5) is 25.0. The molecule has 7 nitrogen and oxygen atoms in total. The Bertz CT molecular complexity index is 749. The number of methoxy groups -OCH3 is 1. The summed E-state index contributed by atoms with van der Waals surface area (Å²) >= 11 is 0. The summed E-state index contributed by atoms with van der Waals surface area (Å²) in [6, 6.07) is 5.60. The topological polar surface area (TPSA) is 88.7 Å². The fourth-order valence-electron chi connectivity index (χ4n) is 4.45. The Morgan fingerprint density at radius 2 is 2.07 bits per heavy atom. The van der Waals surface area contributed by atoms with Crippen molar-refractivity contribution in [1.29, 1.82) is 0 Å². The molecule has 2 aliphatic carbocycles. The van der Waals surface area contributed by atoms with Crippen molar-refractivity contribution in [3.8, 4) is 11.5 Å².